The summed E-state index contributed by atoms with van der Waals surface area (Å²) in [5.74, 6) is -2.46. The number of hydrogen-bond acceptors (Lipinski definition) is 4. The molecule has 0 aliphatic carbocycles. The number of rotatable bonds is 6. The van der Waals surface area contributed by atoms with Crippen LogP contribution in [0, 0.1) is 11.6 Å². The highest BCUT2D eigenvalue weighted by molar-refractivity contribution is 7.90. The first-order chi connectivity index (χ1) is 13.6. The summed E-state index contributed by atoms with van der Waals surface area (Å²) in [6, 6.07) is 15.7. The van der Waals surface area contributed by atoms with Gasteiger partial charge in [0.05, 0.1) is 10.9 Å². The molecule has 0 heterocycles. The van der Waals surface area contributed by atoms with Crippen molar-refractivity contribution in [3.63, 3.8) is 0 Å². The Balaban J connectivity index is 2.14. The quantitative estimate of drug-likeness (QED) is 0.641. The van der Waals surface area contributed by atoms with Gasteiger partial charge in [0.2, 0.25) is 10.0 Å². The molecule has 3 aromatic rings. The Labute approximate surface area is 168 Å². The molecule has 1 N–H and O–H groups in total. The first-order valence-corrected chi connectivity index (χ1v) is 11.8. The summed E-state index contributed by atoms with van der Waals surface area (Å²) in [6.45, 7) is 0. The van der Waals surface area contributed by atoms with E-state index < -0.39 is 42.4 Å². The first-order valence-electron chi connectivity index (χ1n) is 8.41. The lowest BCUT2D eigenvalue weighted by Gasteiger charge is -2.21. The van der Waals surface area contributed by atoms with E-state index in [0.717, 1.165) is 24.5 Å². The van der Waals surface area contributed by atoms with E-state index in [4.69, 9.17) is 0 Å². The molecule has 0 fully saturated rings. The summed E-state index contributed by atoms with van der Waals surface area (Å²) in [5, 5.41) is 0. The maximum absolute atomic E-state index is 14.1. The van der Waals surface area contributed by atoms with E-state index in [1.54, 1.807) is 30.3 Å². The summed E-state index contributed by atoms with van der Waals surface area (Å²) in [4.78, 5) is -1.10. The van der Waals surface area contributed by atoms with Crippen LogP contribution in [-0.2, 0) is 19.9 Å². The van der Waals surface area contributed by atoms with Crippen LogP contribution in [0.2, 0.25) is 0 Å². The first kappa shape index (κ1) is 21.1. The maximum Gasteiger partial charge on any atom is 0.247 e. The Bertz CT molecular complexity index is 1220. The van der Waals surface area contributed by atoms with E-state index in [1.165, 1.54) is 24.3 Å². The molecule has 1 atom stereocenters. The molecule has 0 saturated heterocycles. The molecule has 0 spiro atoms. The zero-order valence-electron chi connectivity index (χ0n) is 15.2. The molecule has 0 aliphatic heterocycles. The predicted octanol–water partition coefficient (Wildman–Crippen LogP) is 3.44. The van der Waals surface area contributed by atoms with Gasteiger partial charge in [-0.2, -0.15) is 4.72 Å². The van der Waals surface area contributed by atoms with Gasteiger partial charge >= 0.3 is 0 Å². The van der Waals surface area contributed by atoms with E-state index in [9.17, 15) is 25.6 Å². The summed E-state index contributed by atoms with van der Waals surface area (Å²) < 4.78 is 79.9. The second-order valence-electron chi connectivity index (χ2n) is 6.36. The monoisotopic (exact) mass is 437 g/mol. The molecule has 0 aromatic heterocycles. The van der Waals surface area contributed by atoms with Crippen molar-refractivity contribution in [2.75, 3.05) is 6.26 Å². The minimum absolute atomic E-state index is 0.00722. The SMILES string of the molecule is CS(=O)(=O)c1cccc(C(NS(=O)(=O)c2c(F)cccc2F)c2ccccc2)c1. The van der Waals surface area contributed by atoms with Gasteiger partial charge in [0.25, 0.3) is 0 Å². The molecular weight excluding hydrogens is 420 g/mol. The molecular formula is C20H17F2NO4S2. The normalized spacial score (nSPS) is 13.2. The number of benzene rings is 3. The minimum atomic E-state index is -4.61. The summed E-state index contributed by atoms with van der Waals surface area (Å²) in [7, 11) is -8.16. The van der Waals surface area contributed by atoms with Crippen LogP contribution in [0.1, 0.15) is 17.2 Å². The Morgan fingerprint density at radius 2 is 1.31 bits per heavy atom. The van der Waals surface area contributed by atoms with Gasteiger partial charge < -0.3 is 0 Å². The molecule has 0 bridgehead atoms. The lowest BCUT2D eigenvalue weighted by atomic mass is 10.00. The lowest BCUT2D eigenvalue weighted by Crippen LogP contribution is -2.31. The Kier molecular flexibility index (Phi) is 5.83. The maximum atomic E-state index is 14.1. The molecule has 0 saturated carbocycles. The standard InChI is InChI=1S/C20H17F2NO4S2/c1-28(24,25)16-10-5-9-15(13-16)19(14-7-3-2-4-8-14)23-29(26,27)20-17(21)11-6-12-18(20)22/h2-13,19,23H,1H3. The van der Waals surface area contributed by atoms with E-state index in [0.29, 0.717) is 11.1 Å². The van der Waals surface area contributed by atoms with Gasteiger partial charge in [0.1, 0.15) is 11.6 Å². The molecule has 3 aromatic carbocycles. The molecule has 0 amide bonds. The molecule has 0 aliphatic rings. The molecule has 29 heavy (non-hydrogen) atoms. The second-order valence-corrected chi connectivity index (χ2v) is 10.0. The summed E-state index contributed by atoms with van der Waals surface area (Å²) in [5.41, 5.74) is 0.776. The van der Waals surface area contributed by atoms with Crippen LogP contribution in [0.4, 0.5) is 8.78 Å². The highest BCUT2D eigenvalue weighted by Gasteiger charge is 2.28. The van der Waals surface area contributed by atoms with Crippen molar-refractivity contribution >= 4 is 19.9 Å². The average Bonchev–Trinajstić information content (AvgIpc) is 2.66. The smallest absolute Gasteiger partial charge is 0.224 e. The number of nitrogens with one attached hydrogen (secondary N) is 1. The van der Waals surface area contributed by atoms with Gasteiger partial charge in [-0.05, 0) is 35.4 Å². The van der Waals surface area contributed by atoms with E-state index in [1.807, 2.05) is 0 Å². The molecule has 5 nitrogen and oxygen atoms in total. The van der Waals surface area contributed by atoms with Gasteiger partial charge in [0, 0.05) is 6.26 Å². The van der Waals surface area contributed by atoms with Crippen molar-refractivity contribution in [2.24, 2.45) is 0 Å². The van der Waals surface area contributed by atoms with Crippen LogP contribution in [0.5, 0.6) is 0 Å². The molecule has 1 unspecified atom stereocenters. The van der Waals surface area contributed by atoms with Gasteiger partial charge in [-0.15, -0.1) is 0 Å². The van der Waals surface area contributed by atoms with Crippen molar-refractivity contribution < 1.29 is 25.6 Å². The highest BCUT2D eigenvalue weighted by atomic mass is 32.2. The second kappa shape index (κ2) is 8.02. The topological polar surface area (TPSA) is 80.3 Å². The number of halogens is 2. The summed E-state index contributed by atoms with van der Waals surface area (Å²) >= 11 is 0. The van der Waals surface area contributed by atoms with Crippen molar-refractivity contribution in [3.8, 4) is 0 Å². The third-order valence-electron chi connectivity index (χ3n) is 4.21. The van der Waals surface area contributed by atoms with E-state index >= 15 is 0 Å². The van der Waals surface area contributed by atoms with Crippen LogP contribution in [0.15, 0.2) is 82.6 Å². The number of hydrogen-bond donors (Lipinski definition) is 1. The number of sulfonamides is 1. The predicted molar refractivity (Wildman–Crippen MR) is 105 cm³/mol. The van der Waals surface area contributed by atoms with E-state index in [-0.39, 0.29) is 4.90 Å². The van der Waals surface area contributed by atoms with Crippen molar-refractivity contribution in [3.05, 3.63) is 95.6 Å². The third kappa shape index (κ3) is 4.69. The molecule has 0 radical (unpaired) electrons. The van der Waals surface area contributed by atoms with Crippen LogP contribution < -0.4 is 4.72 Å². The van der Waals surface area contributed by atoms with Gasteiger partial charge in [-0.1, -0.05) is 48.5 Å². The number of sulfone groups is 1. The minimum Gasteiger partial charge on any atom is -0.224 e. The highest BCUT2D eigenvalue weighted by Crippen LogP contribution is 2.28. The Morgan fingerprint density at radius 1 is 0.759 bits per heavy atom. The largest absolute Gasteiger partial charge is 0.247 e. The van der Waals surface area contributed by atoms with E-state index in [2.05, 4.69) is 4.72 Å². The van der Waals surface area contributed by atoms with Crippen LogP contribution in [0.25, 0.3) is 0 Å². The Hall–Kier alpha value is -2.62. The zero-order chi connectivity index (χ0) is 21.2. The molecule has 3 rings (SSSR count). The third-order valence-corrected chi connectivity index (χ3v) is 6.80. The van der Waals surface area contributed by atoms with Crippen molar-refractivity contribution in [1.82, 2.24) is 4.72 Å². The fourth-order valence-corrected chi connectivity index (χ4v) is 4.88. The molecule has 152 valence electrons. The zero-order valence-corrected chi connectivity index (χ0v) is 16.8. The van der Waals surface area contributed by atoms with Crippen molar-refractivity contribution in [1.29, 1.82) is 0 Å². The van der Waals surface area contributed by atoms with Gasteiger partial charge in [-0.3, -0.25) is 0 Å². The van der Waals surface area contributed by atoms with Crippen molar-refractivity contribution in [2.45, 2.75) is 15.8 Å². The lowest BCUT2D eigenvalue weighted by molar-refractivity contribution is 0.511. The molecule has 9 heteroatoms. The van der Waals surface area contributed by atoms with Crippen LogP contribution >= 0.6 is 0 Å². The van der Waals surface area contributed by atoms with Crippen LogP contribution in [0.3, 0.4) is 0 Å². The fourth-order valence-electron chi connectivity index (χ4n) is 2.85. The fraction of sp³-hybridized carbons (Fsp3) is 0.100. The van der Waals surface area contributed by atoms with Gasteiger partial charge in [-0.25, -0.2) is 25.6 Å². The average molecular weight is 437 g/mol. The Morgan fingerprint density at radius 3 is 1.90 bits per heavy atom. The van der Waals surface area contributed by atoms with Crippen LogP contribution in [-0.4, -0.2) is 23.1 Å². The summed E-state index contributed by atoms with van der Waals surface area (Å²) in [6.07, 6.45) is 1.03. The van der Waals surface area contributed by atoms with Gasteiger partial charge in [0.15, 0.2) is 14.7 Å².